The molecule has 10 atom stereocenters. The average Bonchev–Trinajstić information content (AvgIpc) is 3.25. The van der Waals surface area contributed by atoms with Crippen LogP contribution in [0.4, 0.5) is 0 Å². The molecule has 7 nitrogen and oxygen atoms in total. The third kappa shape index (κ3) is 22.0. The Kier molecular flexibility index (Phi) is 31.4. The molecule has 0 aromatic heterocycles. The average molecular weight is 863 g/mol. The molecule has 360 valence electrons. The fourth-order valence-corrected chi connectivity index (χ4v) is 9.81. The van der Waals surface area contributed by atoms with Gasteiger partial charge in [-0.1, -0.05) is 223 Å². The molecule has 61 heavy (non-hydrogen) atoms. The van der Waals surface area contributed by atoms with Crippen LogP contribution in [-0.2, 0) is 33.3 Å². The predicted molar refractivity (Wildman–Crippen MR) is 254 cm³/mol. The van der Waals surface area contributed by atoms with Gasteiger partial charge in [0.2, 0.25) is 0 Å². The van der Waals surface area contributed by atoms with Crippen molar-refractivity contribution in [1.29, 1.82) is 0 Å². The lowest BCUT2D eigenvalue weighted by Gasteiger charge is -2.48. The van der Waals surface area contributed by atoms with Crippen molar-refractivity contribution in [2.75, 3.05) is 13.2 Å². The maximum Gasteiger partial charge on any atom is 0.309 e. The minimum atomic E-state index is -0.479. The van der Waals surface area contributed by atoms with Crippen molar-refractivity contribution < 1.29 is 33.3 Å². The van der Waals surface area contributed by atoms with Gasteiger partial charge < -0.3 is 23.7 Å². The zero-order valence-electron chi connectivity index (χ0n) is 42.0. The summed E-state index contributed by atoms with van der Waals surface area (Å²) in [6.07, 6.45) is 31.7. The van der Waals surface area contributed by atoms with Gasteiger partial charge in [-0.25, -0.2) is 0 Å². The van der Waals surface area contributed by atoms with Crippen LogP contribution in [0, 0.1) is 47.3 Å². The molecule has 4 unspecified atom stereocenters. The van der Waals surface area contributed by atoms with Crippen LogP contribution >= 0.6 is 0 Å². The Balaban J connectivity index is 2.03. The standard InChI is InChI=1S/C54H102O7/c1-11-15-19-23-27-31-35-47(36-32-28-24-20-16-12-2)51(55)57-39-49-43(7)41(5)45(9)53(59-49)61-54-46(10)42(6)44(8)50(60-54)40-58-52(56)48(37-33-29-25-21-17-13-3)38-34-30-26-22-18-14-4/h41-50,53-54H,11-40H2,1-10H3/t41-,42-,43+,44+,45?,46?,49?,50?,53-,54-/m0/s1. The van der Waals surface area contributed by atoms with Gasteiger partial charge in [-0.05, 0) is 49.4 Å². The molecule has 0 saturated carbocycles. The van der Waals surface area contributed by atoms with Crippen molar-refractivity contribution in [3.05, 3.63) is 0 Å². The summed E-state index contributed by atoms with van der Waals surface area (Å²) >= 11 is 0. The number of hydrogen-bond acceptors (Lipinski definition) is 7. The molecule has 0 radical (unpaired) electrons. The smallest absolute Gasteiger partial charge is 0.309 e. The first kappa shape index (κ1) is 56.0. The Hall–Kier alpha value is -1.18. The van der Waals surface area contributed by atoms with E-state index in [-0.39, 0.29) is 72.9 Å². The largest absolute Gasteiger partial charge is 0.463 e. The van der Waals surface area contributed by atoms with E-state index < -0.39 is 12.6 Å². The van der Waals surface area contributed by atoms with Gasteiger partial charge in [0.25, 0.3) is 0 Å². The van der Waals surface area contributed by atoms with Crippen molar-refractivity contribution >= 4 is 11.9 Å². The van der Waals surface area contributed by atoms with E-state index >= 15 is 0 Å². The van der Waals surface area contributed by atoms with Crippen LogP contribution in [0.15, 0.2) is 0 Å². The van der Waals surface area contributed by atoms with Gasteiger partial charge in [-0.15, -0.1) is 0 Å². The number of carbonyl (C=O) groups excluding carboxylic acids is 2. The van der Waals surface area contributed by atoms with Crippen LogP contribution in [0.5, 0.6) is 0 Å². The summed E-state index contributed by atoms with van der Waals surface area (Å²) in [6, 6.07) is 0. The van der Waals surface area contributed by atoms with Crippen molar-refractivity contribution in [3.63, 3.8) is 0 Å². The molecule has 2 saturated heterocycles. The molecule has 0 aliphatic carbocycles. The summed E-state index contributed by atoms with van der Waals surface area (Å²) in [5.74, 6) is 1.17. The van der Waals surface area contributed by atoms with Gasteiger partial charge in [0.15, 0.2) is 12.6 Å². The molecule has 2 aliphatic heterocycles. The summed E-state index contributed by atoms with van der Waals surface area (Å²) < 4.78 is 32.6. The van der Waals surface area contributed by atoms with E-state index in [2.05, 4.69) is 69.2 Å². The Morgan fingerprint density at radius 1 is 0.377 bits per heavy atom. The van der Waals surface area contributed by atoms with Crippen LogP contribution in [0.2, 0.25) is 0 Å². The summed E-state index contributed by atoms with van der Waals surface area (Å²) in [4.78, 5) is 27.4. The van der Waals surface area contributed by atoms with Crippen LogP contribution in [0.1, 0.15) is 249 Å². The lowest BCUT2D eigenvalue weighted by atomic mass is 9.78. The minimum absolute atomic E-state index is 0.0352. The molecule has 7 heteroatoms. The molecule has 2 rings (SSSR count). The van der Waals surface area contributed by atoms with Crippen LogP contribution < -0.4 is 0 Å². The highest BCUT2D eigenvalue weighted by Gasteiger charge is 2.46. The third-order valence-electron chi connectivity index (χ3n) is 15.3. The van der Waals surface area contributed by atoms with Crippen molar-refractivity contribution in [3.8, 4) is 0 Å². The minimum Gasteiger partial charge on any atom is -0.463 e. The Morgan fingerprint density at radius 2 is 0.639 bits per heavy atom. The third-order valence-corrected chi connectivity index (χ3v) is 15.3. The molecule has 2 aliphatic rings. The van der Waals surface area contributed by atoms with Crippen LogP contribution in [0.25, 0.3) is 0 Å². The summed E-state index contributed by atoms with van der Waals surface area (Å²) in [5.41, 5.74) is 0. The van der Waals surface area contributed by atoms with E-state index in [1.807, 2.05) is 0 Å². The lowest BCUT2D eigenvalue weighted by molar-refractivity contribution is -0.344. The Bertz CT molecular complexity index is 968. The predicted octanol–water partition coefficient (Wildman–Crippen LogP) is 15.6. The summed E-state index contributed by atoms with van der Waals surface area (Å²) in [6.45, 7) is 22.9. The first-order valence-electron chi connectivity index (χ1n) is 26.8. The molecular weight excluding hydrogens is 761 g/mol. The number of carbonyl (C=O) groups is 2. The normalized spacial score (nSPS) is 26.9. The topological polar surface area (TPSA) is 80.3 Å². The van der Waals surface area contributed by atoms with Gasteiger partial charge in [0, 0.05) is 11.8 Å². The summed E-state index contributed by atoms with van der Waals surface area (Å²) in [7, 11) is 0. The van der Waals surface area contributed by atoms with Crippen molar-refractivity contribution in [2.24, 2.45) is 47.3 Å². The van der Waals surface area contributed by atoms with Gasteiger partial charge in [-0.2, -0.15) is 0 Å². The zero-order chi connectivity index (χ0) is 44.8. The fraction of sp³-hybridized carbons (Fsp3) is 0.963. The van der Waals surface area contributed by atoms with E-state index in [0.29, 0.717) is 11.8 Å². The van der Waals surface area contributed by atoms with Gasteiger partial charge >= 0.3 is 11.9 Å². The molecule has 2 fully saturated rings. The van der Waals surface area contributed by atoms with Crippen molar-refractivity contribution in [2.45, 2.75) is 274 Å². The maximum atomic E-state index is 13.7. The fourth-order valence-electron chi connectivity index (χ4n) is 9.81. The highest BCUT2D eigenvalue weighted by Crippen LogP contribution is 2.41. The number of ether oxygens (including phenoxy) is 5. The molecule has 0 spiro atoms. The van der Waals surface area contributed by atoms with E-state index in [9.17, 15) is 9.59 Å². The van der Waals surface area contributed by atoms with Crippen LogP contribution in [0.3, 0.4) is 0 Å². The van der Waals surface area contributed by atoms with E-state index in [1.54, 1.807) is 0 Å². The molecule has 0 aromatic carbocycles. The highest BCUT2D eigenvalue weighted by atomic mass is 16.8. The second kappa shape index (κ2) is 34.2. The quantitative estimate of drug-likeness (QED) is 0.0458. The molecular formula is C54H102O7. The van der Waals surface area contributed by atoms with Crippen molar-refractivity contribution in [1.82, 2.24) is 0 Å². The number of esters is 2. The van der Waals surface area contributed by atoms with E-state index in [0.717, 1.165) is 51.4 Å². The van der Waals surface area contributed by atoms with Gasteiger partial charge in [-0.3, -0.25) is 9.59 Å². The summed E-state index contributed by atoms with van der Waals surface area (Å²) in [5, 5.41) is 0. The molecule has 0 bridgehead atoms. The number of unbranched alkanes of at least 4 members (excludes halogenated alkanes) is 20. The molecule has 2 heterocycles. The second-order valence-corrected chi connectivity index (χ2v) is 20.3. The van der Waals surface area contributed by atoms with Gasteiger partial charge in [0.1, 0.15) is 13.2 Å². The number of hydrogen-bond donors (Lipinski definition) is 0. The second-order valence-electron chi connectivity index (χ2n) is 20.3. The molecule has 0 N–H and O–H groups in total. The molecule has 0 amide bonds. The first-order chi connectivity index (χ1) is 29.5. The maximum absolute atomic E-state index is 13.7. The monoisotopic (exact) mass is 863 g/mol. The zero-order valence-corrected chi connectivity index (χ0v) is 42.0. The number of rotatable bonds is 36. The van der Waals surface area contributed by atoms with Crippen LogP contribution in [-0.4, -0.2) is 49.9 Å². The highest BCUT2D eigenvalue weighted by molar-refractivity contribution is 5.72. The van der Waals surface area contributed by atoms with E-state index in [4.69, 9.17) is 23.7 Å². The molecule has 0 aromatic rings. The Morgan fingerprint density at radius 3 is 0.918 bits per heavy atom. The SMILES string of the molecule is CCCCCCCCC(CCCCCCCC)C(=O)OCC1O[C@@H](O[C@@H]2OC(COC(=O)C(CCCCCCCC)CCCCCCCC)[C@H](C)[C@H](C)C2C)C(C)[C@@H](C)[C@H]1C. The lowest BCUT2D eigenvalue weighted by Crippen LogP contribution is -2.53. The van der Waals surface area contributed by atoms with Gasteiger partial charge in [0.05, 0.1) is 24.0 Å². The first-order valence-corrected chi connectivity index (χ1v) is 26.8. The van der Waals surface area contributed by atoms with E-state index in [1.165, 1.54) is 128 Å². The Labute approximate surface area is 378 Å².